The molecule has 11 rings (SSSR count). The summed E-state index contributed by atoms with van der Waals surface area (Å²) in [5.74, 6) is 0. The lowest BCUT2D eigenvalue weighted by molar-refractivity contribution is 1.15. The zero-order chi connectivity index (χ0) is 47.9. The van der Waals surface area contributed by atoms with Crippen LogP contribution in [0.3, 0.4) is 0 Å². The summed E-state index contributed by atoms with van der Waals surface area (Å²) in [5.41, 5.74) is 12.6. The van der Waals surface area contributed by atoms with Crippen LogP contribution in [-0.4, -0.2) is 0 Å². The molecule has 0 amide bonds. The van der Waals surface area contributed by atoms with Crippen LogP contribution in [0.15, 0.2) is 303 Å². The standard InChI is InChI=1S/C67H52N4/c1-3-57(35-31-50(2)68(58-25-7-4-8-26-58)65-36-32-51-19-13-16-22-54(51)47-65)69(61-39-43-63(44-40-61)70(59-27-9-5-10-28-59)66-37-33-52-20-14-17-23-55(52)48-66)62-41-45-64(46-42-62)71(60-29-11-6-12-30-60)67-38-34-53-21-15-18-24-56(53)49-67/h3-49H,1H2,2H3/b50-31+,57-35+. The summed E-state index contributed by atoms with van der Waals surface area (Å²) in [6.45, 7) is 6.61. The van der Waals surface area contributed by atoms with E-state index in [4.69, 9.17) is 0 Å². The predicted molar refractivity (Wildman–Crippen MR) is 304 cm³/mol. The minimum Gasteiger partial charge on any atom is -0.314 e. The number of para-hydroxylation sites is 3. The number of hydrogen-bond donors (Lipinski definition) is 0. The predicted octanol–water partition coefficient (Wildman–Crippen LogP) is 19.0. The van der Waals surface area contributed by atoms with E-state index in [0.717, 1.165) is 68.3 Å². The first-order chi connectivity index (χ1) is 35.1. The van der Waals surface area contributed by atoms with Gasteiger partial charge in [0.1, 0.15) is 0 Å². The Morgan fingerprint density at radius 3 is 0.986 bits per heavy atom. The third-order valence-corrected chi connectivity index (χ3v) is 13.1. The van der Waals surface area contributed by atoms with E-state index in [0.29, 0.717) is 0 Å². The molecule has 0 aliphatic rings. The van der Waals surface area contributed by atoms with Crippen molar-refractivity contribution < 1.29 is 0 Å². The number of hydrogen-bond acceptors (Lipinski definition) is 4. The fraction of sp³-hybridized carbons (Fsp3) is 0.0149. The highest BCUT2D eigenvalue weighted by atomic mass is 15.2. The highest BCUT2D eigenvalue weighted by molar-refractivity contribution is 5.92. The van der Waals surface area contributed by atoms with Gasteiger partial charge in [-0.1, -0.05) is 152 Å². The Balaban J connectivity index is 1.02. The van der Waals surface area contributed by atoms with Crippen molar-refractivity contribution in [3.05, 3.63) is 303 Å². The fourth-order valence-corrected chi connectivity index (χ4v) is 9.59. The molecular weight excluding hydrogens is 861 g/mol. The third-order valence-electron chi connectivity index (χ3n) is 13.1. The molecule has 0 radical (unpaired) electrons. The summed E-state index contributed by atoms with van der Waals surface area (Å²) in [5, 5.41) is 7.21. The highest BCUT2D eigenvalue weighted by Crippen LogP contribution is 2.41. The van der Waals surface area contributed by atoms with E-state index < -0.39 is 0 Å². The van der Waals surface area contributed by atoms with Crippen LogP contribution in [0.5, 0.6) is 0 Å². The van der Waals surface area contributed by atoms with E-state index in [9.17, 15) is 0 Å². The number of nitrogens with zero attached hydrogens (tertiary/aromatic N) is 4. The second-order valence-electron chi connectivity index (χ2n) is 17.6. The van der Waals surface area contributed by atoms with Gasteiger partial charge in [-0.2, -0.15) is 0 Å². The topological polar surface area (TPSA) is 13.0 Å². The third kappa shape index (κ3) is 9.31. The Hall–Kier alpha value is -9.38. The van der Waals surface area contributed by atoms with Gasteiger partial charge in [-0.15, -0.1) is 0 Å². The minimum absolute atomic E-state index is 0.917. The lowest BCUT2D eigenvalue weighted by atomic mass is 10.1. The largest absolute Gasteiger partial charge is 0.314 e. The number of benzene rings is 11. The lowest BCUT2D eigenvalue weighted by Crippen LogP contribution is -2.17. The van der Waals surface area contributed by atoms with Gasteiger partial charge < -0.3 is 19.6 Å². The Bertz CT molecular complexity index is 3510. The van der Waals surface area contributed by atoms with Gasteiger partial charge in [0.25, 0.3) is 0 Å². The average Bonchev–Trinajstić information content (AvgIpc) is 3.43. The zero-order valence-electron chi connectivity index (χ0n) is 39.6. The van der Waals surface area contributed by atoms with Gasteiger partial charge in [-0.05, 0) is 179 Å². The smallest absolute Gasteiger partial charge is 0.0468 e. The van der Waals surface area contributed by atoms with Gasteiger partial charge in [0.15, 0.2) is 0 Å². The molecule has 4 heteroatoms. The molecule has 0 N–H and O–H groups in total. The van der Waals surface area contributed by atoms with E-state index >= 15 is 0 Å². The van der Waals surface area contributed by atoms with Crippen molar-refractivity contribution in [2.45, 2.75) is 6.92 Å². The van der Waals surface area contributed by atoms with Crippen LogP contribution in [0.25, 0.3) is 32.3 Å². The molecule has 0 saturated heterocycles. The second kappa shape index (κ2) is 20.1. The molecule has 340 valence electrons. The maximum Gasteiger partial charge on any atom is 0.0468 e. The normalized spacial score (nSPS) is 11.7. The van der Waals surface area contributed by atoms with E-state index in [1.807, 2.05) is 6.08 Å². The van der Waals surface area contributed by atoms with Crippen molar-refractivity contribution in [1.29, 1.82) is 0 Å². The first kappa shape index (κ1) is 44.1. The summed E-state index contributed by atoms with van der Waals surface area (Å²) in [6, 6.07) is 95.0. The van der Waals surface area contributed by atoms with Gasteiger partial charge in [0.05, 0.1) is 0 Å². The second-order valence-corrected chi connectivity index (χ2v) is 17.6. The number of fused-ring (bicyclic) bond motifs is 3. The molecule has 71 heavy (non-hydrogen) atoms. The fourth-order valence-electron chi connectivity index (χ4n) is 9.59. The molecular formula is C67H52N4. The van der Waals surface area contributed by atoms with Crippen LogP contribution in [0.2, 0.25) is 0 Å². The highest BCUT2D eigenvalue weighted by Gasteiger charge is 2.19. The molecule has 0 spiro atoms. The maximum atomic E-state index is 4.44. The molecule has 0 aliphatic heterocycles. The van der Waals surface area contributed by atoms with Gasteiger partial charge in [0, 0.05) is 68.3 Å². The van der Waals surface area contributed by atoms with E-state index in [1.54, 1.807) is 0 Å². The van der Waals surface area contributed by atoms with E-state index in [2.05, 4.69) is 312 Å². The van der Waals surface area contributed by atoms with Crippen LogP contribution < -0.4 is 19.6 Å². The van der Waals surface area contributed by atoms with Crippen molar-refractivity contribution in [3.8, 4) is 0 Å². The monoisotopic (exact) mass is 912 g/mol. The molecule has 0 saturated carbocycles. The van der Waals surface area contributed by atoms with Gasteiger partial charge >= 0.3 is 0 Å². The first-order valence-electron chi connectivity index (χ1n) is 24.1. The molecule has 0 heterocycles. The Kier molecular flexibility index (Phi) is 12.5. The van der Waals surface area contributed by atoms with E-state index in [1.165, 1.54) is 32.3 Å². The molecule has 0 bridgehead atoms. The van der Waals surface area contributed by atoms with Crippen LogP contribution in [-0.2, 0) is 0 Å². The SMILES string of the molecule is C=C/C(=C\C=C(/C)N(c1ccccc1)c1ccc2ccccc2c1)N(c1ccc(N(c2ccccc2)c2ccc3ccccc3c2)cc1)c1ccc(N(c2ccccc2)c2ccc3ccccc3c2)cc1. The molecule has 4 nitrogen and oxygen atoms in total. The lowest BCUT2D eigenvalue weighted by Gasteiger charge is -2.30. The van der Waals surface area contributed by atoms with Crippen LogP contribution in [0, 0.1) is 0 Å². The Morgan fingerprint density at radius 2 is 0.577 bits per heavy atom. The van der Waals surface area contributed by atoms with Gasteiger partial charge in [0.2, 0.25) is 0 Å². The van der Waals surface area contributed by atoms with Crippen molar-refractivity contribution in [1.82, 2.24) is 0 Å². The summed E-state index contributed by atoms with van der Waals surface area (Å²) in [7, 11) is 0. The molecule has 0 aliphatic carbocycles. The van der Waals surface area contributed by atoms with Crippen molar-refractivity contribution >= 4 is 89.2 Å². The molecule has 0 fully saturated rings. The van der Waals surface area contributed by atoms with Crippen molar-refractivity contribution in [3.63, 3.8) is 0 Å². The average molecular weight is 913 g/mol. The van der Waals surface area contributed by atoms with Crippen molar-refractivity contribution in [2.24, 2.45) is 0 Å². The molecule has 11 aromatic carbocycles. The number of anilines is 10. The van der Waals surface area contributed by atoms with Crippen molar-refractivity contribution in [2.75, 3.05) is 19.6 Å². The number of allylic oxidation sites excluding steroid dienone is 4. The summed E-state index contributed by atoms with van der Waals surface area (Å²) in [6.07, 6.45) is 6.33. The summed E-state index contributed by atoms with van der Waals surface area (Å²) < 4.78 is 0. The van der Waals surface area contributed by atoms with Gasteiger partial charge in [-0.25, -0.2) is 0 Å². The summed E-state index contributed by atoms with van der Waals surface area (Å²) >= 11 is 0. The zero-order valence-corrected chi connectivity index (χ0v) is 39.6. The van der Waals surface area contributed by atoms with Crippen LogP contribution in [0.1, 0.15) is 6.92 Å². The van der Waals surface area contributed by atoms with E-state index in [-0.39, 0.29) is 0 Å². The molecule has 11 aromatic rings. The van der Waals surface area contributed by atoms with Crippen LogP contribution in [0.4, 0.5) is 56.9 Å². The summed E-state index contributed by atoms with van der Waals surface area (Å²) in [4.78, 5) is 9.25. The quantitative estimate of drug-likeness (QED) is 0.101. The molecule has 0 unspecified atom stereocenters. The molecule has 0 aromatic heterocycles. The Morgan fingerprint density at radius 1 is 0.282 bits per heavy atom. The maximum absolute atomic E-state index is 4.44. The number of rotatable bonds is 14. The minimum atomic E-state index is 0.917. The van der Waals surface area contributed by atoms with Crippen LogP contribution >= 0.6 is 0 Å². The Labute approximate surface area is 416 Å². The first-order valence-corrected chi connectivity index (χ1v) is 24.1. The molecule has 0 atom stereocenters. The van der Waals surface area contributed by atoms with Gasteiger partial charge in [-0.3, -0.25) is 0 Å².